The molecule has 1 aromatic heterocycles. The molecule has 27 heavy (non-hydrogen) atoms. The molecular weight excluding hydrogens is 334 g/mol. The molecule has 2 unspecified atom stereocenters. The van der Waals surface area contributed by atoms with Crippen molar-refractivity contribution in [3.8, 4) is 0 Å². The third kappa shape index (κ3) is 3.09. The first-order chi connectivity index (χ1) is 13.3. The van der Waals surface area contributed by atoms with Crippen molar-refractivity contribution in [3.63, 3.8) is 0 Å². The van der Waals surface area contributed by atoms with Crippen LogP contribution < -0.4 is 4.90 Å². The van der Waals surface area contributed by atoms with Crippen molar-refractivity contribution in [2.75, 3.05) is 31.1 Å². The molecule has 2 aromatic carbocycles. The van der Waals surface area contributed by atoms with E-state index in [-0.39, 0.29) is 6.10 Å². The summed E-state index contributed by atoms with van der Waals surface area (Å²) in [5, 5.41) is 1.24. The topological polar surface area (TPSA) is 28.6 Å². The molecule has 0 amide bonds. The number of rotatable bonds is 3. The summed E-state index contributed by atoms with van der Waals surface area (Å²) >= 11 is 0. The van der Waals surface area contributed by atoms with Crippen molar-refractivity contribution >= 4 is 16.6 Å². The number of anilines is 1. The third-order valence-corrected chi connectivity index (χ3v) is 5.94. The Bertz CT molecular complexity index is 943. The van der Waals surface area contributed by atoms with Gasteiger partial charge in [-0.3, -0.25) is 9.88 Å². The maximum atomic E-state index is 6.16. The minimum absolute atomic E-state index is 0.274. The standard InChI is InChI=1S/C23H25N3O/c1-17-6-5-9-19-20(10-11-24-23(17)19)26-15-21-22(16-26)27-13-12-25(21)14-18-7-3-2-4-8-18/h2-11,21-22H,12-16H2,1H3. The Morgan fingerprint density at radius 3 is 2.81 bits per heavy atom. The Balaban J connectivity index is 1.42. The fourth-order valence-electron chi connectivity index (χ4n) is 4.55. The van der Waals surface area contributed by atoms with Crippen LogP contribution in [0.15, 0.2) is 60.8 Å². The predicted molar refractivity (Wildman–Crippen MR) is 109 cm³/mol. The van der Waals surface area contributed by atoms with E-state index in [0.717, 1.165) is 38.3 Å². The number of fused-ring (bicyclic) bond motifs is 2. The summed E-state index contributed by atoms with van der Waals surface area (Å²) in [5.74, 6) is 0. The van der Waals surface area contributed by atoms with Gasteiger partial charge in [-0.05, 0) is 24.1 Å². The van der Waals surface area contributed by atoms with Crippen LogP contribution in [0.25, 0.3) is 10.9 Å². The summed E-state index contributed by atoms with van der Waals surface area (Å²) in [6.07, 6.45) is 2.21. The van der Waals surface area contributed by atoms with Crippen LogP contribution in [-0.4, -0.2) is 48.3 Å². The molecule has 0 saturated carbocycles. The summed E-state index contributed by atoms with van der Waals surface area (Å²) in [4.78, 5) is 9.69. The third-order valence-electron chi connectivity index (χ3n) is 5.94. The molecule has 2 aliphatic heterocycles. The van der Waals surface area contributed by atoms with E-state index in [9.17, 15) is 0 Å². The van der Waals surface area contributed by atoms with Gasteiger partial charge in [0.2, 0.25) is 0 Å². The number of morpholine rings is 1. The van der Waals surface area contributed by atoms with Gasteiger partial charge in [0.05, 0.1) is 24.3 Å². The summed E-state index contributed by atoms with van der Waals surface area (Å²) in [7, 11) is 0. The van der Waals surface area contributed by atoms with E-state index in [0.29, 0.717) is 6.04 Å². The van der Waals surface area contributed by atoms with Gasteiger partial charge >= 0.3 is 0 Å². The molecule has 4 nitrogen and oxygen atoms in total. The van der Waals surface area contributed by atoms with E-state index in [4.69, 9.17) is 4.74 Å². The van der Waals surface area contributed by atoms with E-state index < -0.39 is 0 Å². The maximum Gasteiger partial charge on any atom is 0.0922 e. The van der Waals surface area contributed by atoms with Crippen molar-refractivity contribution < 1.29 is 4.74 Å². The lowest BCUT2D eigenvalue weighted by Gasteiger charge is -2.36. The van der Waals surface area contributed by atoms with Gasteiger partial charge in [-0.25, -0.2) is 0 Å². The predicted octanol–water partition coefficient (Wildman–Crippen LogP) is 3.63. The molecule has 2 aliphatic rings. The summed E-state index contributed by atoms with van der Waals surface area (Å²) in [5.41, 5.74) is 4.99. The highest BCUT2D eigenvalue weighted by Gasteiger charge is 2.40. The fourth-order valence-corrected chi connectivity index (χ4v) is 4.55. The van der Waals surface area contributed by atoms with Crippen molar-refractivity contribution in [1.29, 1.82) is 0 Å². The first-order valence-electron chi connectivity index (χ1n) is 9.78. The summed E-state index contributed by atoms with van der Waals surface area (Å²) < 4.78 is 6.16. The van der Waals surface area contributed by atoms with Gasteiger partial charge in [0.15, 0.2) is 0 Å². The Kier molecular flexibility index (Phi) is 4.30. The van der Waals surface area contributed by atoms with Gasteiger partial charge in [-0.2, -0.15) is 0 Å². The van der Waals surface area contributed by atoms with Crippen LogP contribution in [-0.2, 0) is 11.3 Å². The second-order valence-electron chi connectivity index (χ2n) is 7.64. The highest BCUT2D eigenvalue weighted by molar-refractivity contribution is 5.93. The van der Waals surface area contributed by atoms with Crippen LogP contribution in [0.5, 0.6) is 0 Å². The Labute approximate surface area is 160 Å². The first kappa shape index (κ1) is 16.7. The minimum atomic E-state index is 0.274. The van der Waals surface area contributed by atoms with E-state index in [1.165, 1.54) is 22.2 Å². The lowest BCUT2D eigenvalue weighted by atomic mass is 10.1. The van der Waals surface area contributed by atoms with Crippen LogP contribution >= 0.6 is 0 Å². The molecule has 2 atom stereocenters. The largest absolute Gasteiger partial charge is 0.373 e. The van der Waals surface area contributed by atoms with Crippen molar-refractivity contribution in [1.82, 2.24) is 9.88 Å². The Morgan fingerprint density at radius 2 is 1.93 bits per heavy atom. The zero-order chi connectivity index (χ0) is 18.2. The first-order valence-corrected chi connectivity index (χ1v) is 9.78. The van der Waals surface area contributed by atoms with E-state index in [1.54, 1.807) is 0 Å². The van der Waals surface area contributed by atoms with Gasteiger partial charge in [-0.1, -0.05) is 48.5 Å². The molecule has 0 aliphatic carbocycles. The molecule has 4 heteroatoms. The molecule has 0 radical (unpaired) electrons. The number of nitrogens with zero attached hydrogens (tertiary/aromatic N) is 3. The zero-order valence-corrected chi connectivity index (χ0v) is 15.7. The van der Waals surface area contributed by atoms with Gasteiger partial charge in [0.1, 0.15) is 0 Å². The highest BCUT2D eigenvalue weighted by Crippen LogP contribution is 2.33. The quantitative estimate of drug-likeness (QED) is 0.714. The minimum Gasteiger partial charge on any atom is -0.373 e. The molecule has 2 saturated heterocycles. The smallest absolute Gasteiger partial charge is 0.0922 e. The number of hydrogen-bond acceptors (Lipinski definition) is 4. The van der Waals surface area contributed by atoms with Gasteiger partial charge in [-0.15, -0.1) is 0 Å². The number of ether oxygens (including phenoxy) is 1. The monoisotopic (exact) mass is 359 g/mol. The van der Waals surface area contributed by atoms with Crippen LogP contribution in [0.1, 0.15) is 11.1 Å². The lowest BCUT2D eigenvalue weighted by Crippen LogP contribution is -2.50. The molecule has 138 valence electrons. The molecule has 0 N–H and O–H groups in total. The molecule has 3 heterocycles. The summed E-state index contributed by atoms with van der Waals surface area (Å²) in [6.45, 7) is 6.90. The Hall–Kier alpha value is -2.43. The molecule has 3 aromatic rings. The summed E-state index contributed by atoms with van der Waals surface area (Å²) in [6, 6.07) is 19.8. The van der Waals surface area contributed by atoms with Gasteiger partial charge in [0, 0.05) is 43.4 Å². The second kappa shape index (κ2) is 6.95. The highest BCUT2D eigenvalue weighted by atomic mass is 16.5. The van der Waals surface area contributed by atoms with Crippen LogP contribution in [0, 0.1) is 6.92 Å². The number of aromatic nitrogens is 1. The average Bonchev–Trinajstić information content (AvgIpc) is 3.14. The molecule has 5 rings (SSSR count). The lowest BCUT2D eigenvalue weighted by molar-refractivity contribution is -0.0499. The van der Waals surface area contributed by atoms with Crippen molar-refractivity contribution in [2.24, 2.45) is 0 Å². The van der Waals surface area contributed by atoms with E-state index >= 15 is 0 Å². The molecule has 0 spiro atoms. The molecular formula is C23H25N3O. The van der Waals surface area contributed by atoms with E-state index in [1.807, 2.05) is 6.20 Å². The molecule has 0 bridgehead atoms. The van der Waals surface area contributed by atoms with Gasteiger partial charge in [0.25, 0.3) is 0 Å². The van der Waals surface area contributed by atoms with Gasteiger partial charge < -0.3 is 9.64 Å². The fraction of sp³-hybridized carbons (Fsp3) is 0.348. The zero-order valence-electron chi connectivity index (χ0n) is 15.7. The number of hydrogen-bond donors (Lipinski definition) is 0. The number of para-hydroxylation sites is 1. The maximum absolute atomic E-state index is 6.16. The molecule has 2 fully saturated rings. The SMILES string of the molecule is Cc1cccc2c(N3CC4OCCN(Cc5ccccc5)C4C3)ccnc12. The number of aryl methyl sites for hydroxylation is 1. The van der Waals surface area contributed by atoms with Crippen LogP contribution in [0.2, 0.25) is 0 Å². The Morgan fingerprint density at radius 1 is 1.04 bits per heavy atom. The van der Waals surface area contributed by atoms with Crippen LogP contribution in [0.3, 0.4) is 0 Å². The number of pyridine rings is 1. The van der Waals surface area contributed by atoms with Crippen LogP contribution in [0.4, 0.5) is 5.69 Å². The normalized spacial score (nSPS) is 22.9. The average molecular weight is 359 g/mol. The van der Waals surface area contributed by atoms with Crippen molar-refractivity contribution in [3.05, 3.63) is 71.9 Å². The van der Waals surface area contributed by atoms with E-state index in [2.05, 4.69) is 76.3 Å². The second-order valence-corrected chi connectivity index (χ2v) is 7.64. The van der Waals surface area contributed by atoms with Crippen molar-refractivity contribution in [2.45, 2.75) is 25.6 Å². The number of benzene rings is 2.